The Morgan fingerprint density at radius 1 is 0.621 bits per heavy atom. The molecule has 29 heavy (non-hydrogen) atoms. The van der Waals surface area contributed by atoms with Gasteiger partial charge in [0.25, 0.3) is 0 Å². The number of nitrogens with zero attached hydrogens (tertiary/aromatic N) is 1. The van der Waals surface area contributed by atoms with Crippen molar-refractivity contribution in [2.24, 2.45) is 5.34 Å². The van der Waals surface area contributed by atoms with Crippen LogP contribution in [0.1, 0.15) is 0 Å². The summed E-state index contributed by atoms with van der Waals surface area (Å²) in [5, 5.41) is 11.3. The van der Waals surface area contributed by atoms with Crippen LogP contribution in [0.15, 0.2) is 94.7 Å². The van der Waals surface area contributed by atoms with Gasteiger partial charge in [-0.2, -0.15) is 0 Å². The van der Waals surface area contributed by atoms with Gasteiger partial charge in [0.1, 0.15) is 11.5 Å². The van der Waals surface area contributed by atoms with Crippen molar-refractivity contribution in [3.8, 4) is 22.6 Å². The van der Waals surface area contributed by atoms with Crippen LogP contribution in [0.25, 0.3) is 33.4 Å². The molecule has 0 spiro atoms. The Labute approximate surface area is 198 Å². The SMILES string of the molecule is O=N[O-].[CH3-].[CH3-].[Cl-].[Cl-].[Pt+4].c1ccc(-c2oc(-c3ccccc3)c3ccccc23)cc1. The van der Waals surface area contributed by atoms with Crippen LogP contribution >= 0.6 is 0 Å². The van der Waals surface area contributed by atoms with Gasteiger partial charge in [-0.25, -0.2) is 0 Å². The van der Waals surface area contributed by atoms with Crippen LogP contribution in [0.5, 0.6) is 0 Å². The fourth-order valence-electron chi connectivity index (χ4n) is 2.70. The predicted molar refractivity (Wildman–Crippen MR) is 109 cm³/mol. The van der Waals surface area contributed by atoms with Gasteiger partial charge in [-0.3, -0.25) is 0 Å². The summed E-state index contributed by atoms with van der Waals surface area (Å²) in [6, 6.07) is 28.9. The topological polar surface area (TPSA) is 65.6 Å². The first-order valence-corrected chi connectivity index (χ1v) is 7.42. The number of halogens is 2. The van der Waals surface area contributed by atoms with Gasteiger partial charge in [-0.1, -0.05) is 84.9 Å². The van der Waals surface area contributed by atoms with Crippen molar-refractivity contribution in [2.45, 2.75) is 0 Å². The van der Waals surface area contributed by atoms with Gasteiger partial charge in [0.05, 0.1) is 0 Å². The van der Waals surface area contributed by atoms with Crippen molar-refractivity contribution in [3.05, 3.63) is 110 Å². The Morgan fingerprint density at radius 3 is 1.21 bits per heavy atom. The zero-order valence-electron chi connectivity index (χ0n) is 15.8. The first-order valence-electron chi connectivity index (χ1n) is 7.42. The largest absolute Gasteiger partial charge is 4.00 e. The molecule has 1 heterocycles. The van der Waals surface area contributed by atoms with Crippen molar-refractivity contribution in [2.75, 3.05) is 0 Å². The minimum absolute atomic E-state index is 0. The second-order valence-electron chi connectivity index (χ2n) is 5.11. The van der Waals surface area contributed by atoms with Crippen molar-refractivity contribution in [3.63, 3.8) is 0 Å². The fraction of sp³-hybridized carbons (Fsp3) is 0. The number of benzene rings is 3. The molecule has 0 amide bonds. The summed E-state index contributed by atoms with van der Waals surface area (Å²) >= 11 is 0. The average Bonchev–Trinajstić information content (AvgIpc) is 3.04. The molecule has 0 aliphatic heterocycles. The molecule has 4 nitrogen and oxygen atoms in total. The smallest absolute Gasteiger partial charge is 1.00 e. The third-order valence-electron chi connectivity index (χ3n) is 3.69. The van der Waals surface area contributed by atoms with Crippen molar-refractivity contribution >= 4 is 10.8 Å². The zero-order valence-corrected chi connectivity index (χ0v) is 19.6. The molecule has 1 aromatic heterocycles. The van der Waals surface area contributed by atoms with Crippen LogP contribution in [-0.2, 0) is 21.1 Å². The molecular weight excluding hydrogens is 592 g/mol. The molecule has 0 aliphatic carbocycles. The first-order chi connectivity index (χ1) is 11.8. The number of fused-ring (bicyclic) bond motifs is 1. The zero-order chi connectivity index (χ0) is 16.8. The average molecular weight is 612 g/mol. The van der Waals surface area contributed by atoms with E-state index in [2.05, 4.69) is 48.5 Å². The van der Waals surface area contributed by atoms with Crippen LogP contribution in [0.4, 0.5) is 0 Å². The predicted octanol–water partition coefficient (Wildman–Crippen LogP) is 0.923. The van der Waals surface area contributed by atoms with Crippen molar-refractivity contribution in [1.29, 1.82) is 0 Å². The van der Waals surface area contributed by atoms with Gasteiger partial charge < -0.3 is 54.2 Å². The van der Waals surface area contributed by atoms with Crippen molar-refractivity contribution < 1.29 is 50.3 Å². The molecular formula is C22H20Cl2NO3Pt-. The summed E-state index contributed by atoms with van der Waals surface area (Å²) in [6.07, 6.45) is 0. The molecule has 0 fully saturated rings. The van der Waals surface area contributed by atoms with Crippen LogP contribution in [0.2, 0.25) is 0 Å². The molecule has 0 saturated carbocycles. The van der Waals surface area contributed by atoms with Gasteiger partial charge in [0.15, 0.2) is 0 Å². The van der Waals surface area contributed by atoms with E-state index in [1.54, 1.807) is 0 Å². The quantitative estimate of drug-likeness (QED) is 0.192. The minimum atomic E-state index is 0. The second-order valence-corrected chi connectivity index (χ2v) is 5.11. The van der Waals surface area contributed by atoms with Crippen LogP contribution in [-0.4, -0.2) is 0 Å². The van der Waals surface area contributed by atoms with Gasteiger partial charge in [-0.15, -0.1) is 5.34 Å². The van der Waals surface area contributed by atoms with Crippen LogP contribution in [0, 0.1) is 25.0 Å². The Balaban J connectivity index is -0.000000800. The van der Waals surface area contributed by atoms with Gasteiger partial charge >= 0.3 is 21.1 Å². The van der Waals surface area contributed by atoms with E-state index in [0.29, 0.717) is 0 Å². The Bertz CT molecular complexity index is 875. The first kappa shape index (κ1) is 31.6. The molecule has 4 aromatic rings. The van der Waals surface area contributed by atoms with E-state index in [9.17, 15) is 0 Å². The summed E-state index contributed by atoms with van der Waals surface area (Å²) in [5.74, 6) is 1.87. The van der Waals surface area contributed by atoms with Gasteiger partial charge in [0.2, 0.25) is 0 Å². The maximum Gasteiger partial charge on any atom is 4.00 e. The molecule has 0 bridgehead atoms. The summed E-state index contributed by atoms with van der Waals surface area (Å²) in [6.45, 7) is 0. The van der Waals surface area contributed by atoms with E-state index >= 15 is 0 Å². The summed E-state index contributed by atoms with van der Waals surface area (Å²) in [4.78, 5) is 8.00. The van der Waals surface area contributed by atoms with E-state index in [4.69, 9.17) is 14.5 Å². The molecule has 0 radical (unpaired) electrons. The van der Waals surface area contributed by atoms with E-state index < -0.39 is 0 Å². The molecule has 7 heteroatoms. The molecule has 0 aliphatic rings. The summed E-state index contributed by atoms with van der Waals surface area (Å²) in [7, 11) is 0. The molecule has 4 rings (SSSR count). The number of rotatable bonds is 2. The maximum atomic E-state index is 8.00. The molecule has 0 unspecified atom stereocenters. The Morgan fingerprint density at radius 2 is 0.897 bits per heavy atom. The number of hydrogen-bond acceptors (Lipinski definition) is 4. The monoisotopic (exact) mass is 611 g/mol. The minimum Gasteiger partial charge on any atom is -1.00 e. The van der Waals surface area contributed by atoms with Crippen molar-refractivity contribution in [1.82, 2.24) is 0 Å². The standard InChI is InChI=1S/C20H14O.2CH3.2ClH.HNO2.Pt/c1-3-9-15(10-4-1)19-17-13-7-8-14-18(17)20(21-19)16-11-5-2-6-12-16;;;;;2-1-3;/h1-14H;2*1H3;2*1H;(H,2,3);/q;2*-1;;;;+4/p-3. The second kappa shape index (κ2) is 15.8. The molecule has 0 saturated heterocycles. The van der Waals surface area contributed by atoms with E-state index in [1.807, 2.05) is 36.4 Å². The molecule has 0 atom stereocenters. The normalized spacial score (nSPS) is 8.28. The number of furan rings is 1. The van der Waals surface area contributed by atoms with Gasteiger partial charge in [-0.05, 0) is 0 Å². The summed E-state index contributed by atoms with van der Waals surface area (Å²) < 4.78 is 6.24. The third-order valence-corrected chi connectivity index (χ3v) is 3.69. The maximum absolute atomic E-state index is 8.00. The number of hydrogen-bond donors (Lipinski definition) is 0. The van der Waals surface area contributed by atoms with E-state index in [1.165, 1.54) is 0 Å². The molecule has 0 N–H and O–H groups in total. The summed E-state index contributed by atoms with van der Waals surface area (Å²) in [5.41, 5.74) is 2.21. The molecule has 3 aromatic carbocycles. The fourth-order valence-corrected chi connectivity index (χ4v) is 2.70. The van der Waals surface area contributed by atoms with Gasteiger partial charge in [0, 0.05) is 21.9 Å². The van der Waals surface area contributed by atoms with E-state index in [0.717, 1.165) is 38.8 Å². The third kappa shape index (κ3) is 7.32. The van der Waals surface area contributed by atoms with Crippen LogP contribution < -0.4 is 24.8 Å². The molecule has 156 valence electrons. The Hall–Kier alpha value is -2.13. The van der Waals surface area contributed by atoms with Crippen LogP contribution in [0.3, 0.4) is 0 Å². The Kier molecular flexibility index (Phi) is 17.1. The van der Waals surface area contributed by atoms with E-state index in [-0.39, 0.29) is 60.7 Å².